The summed E-state index contributed by atoms with van der Waals surface area (Å²) in [7, 11) is 0. The summed E-state index contributed by atoms with van der Waals surface area (Å²) in [5.41, 5.74) is 10.7. The fourth-order valence-corrected chi connectivity index (χ4v) is 8.16. The monoisotopic (exact) mass is 561 g/mol. The van der Waals surface area contributed by atoms with Crippen LogP contribution < -0.4 is 4.90 Å². The first-order chi connectivity index (χ1) is 20.8. The smallest absolute Gasteiger partial charge is 0.0629 e. The number of nitrogens with zero attached hydrogens (tertiary/aromatic N) is 1. The van der Waals surface area contributed by atoms with Gasteiger partial charge in [-0.05, 0) is 57.3 Å². The van der Waals surface area contributed by atoms with Crippen molar-refractivity contribution in [3.8, 4) is 32.7 Å². The average Bonchev–Trinajstić information content (AvgIpc) is 3.72. The van der Waals surface area contributed by atoms with Crippen molar-refractivity contribution in [3.63, 3.8) is 0 Å². The van der Waals surface area contributed by atoms with E-state index in [0.717, 1.165) is 0 Å². The van der Waals surface area contributed by atoms with Crippen LogP contribution >= 0.6 is 11.3 Å². The molecule has 0 bridgehead atoms. The van der Waals surface area contributed by atoms with E-state index in [2.05, 4.69) is 132 Å². The first kappa shape index (κ1) is 26.5. The van der Waals surface area contributed by atoms with E-state index >= 15 is 0 Å². The molecule has 0 N–H and O–H groups in total. The van der Waals surface area contributed by atoms with Gasteiger partial charge in [0, 0.05) is 43.4 Å². The summed E-state index contributed by atoms with van der Waals surface area (Å²) in [6, 6.07) is 38.7. The Labute approximate surface area is 253 Å². The number of rotatable bonds is 2. The number of fused-ring (bicyclic) bond motifs is 8. The van der Waals surface area contributed by atoms with Crippen LogP contribution in [-0.4, -0.2) is 6.04 Å². The van der Waals surface area contributed by atoms with Crippen molar-refractivity contribution in [2.45, 2.75) is 39.7 Å². The maximum atomic E-state index is 2.49. The zero-order valence-corrected chi connectivity index (χ0v) is 25.5. The predicted molar refractivity (Wildman–Crippen MR) is 185 cm³/mol. The SMILES string of the molecule is C1=CC2c3ccccc3N(c3ccc(-c4ccc5c6c(sc5c4)-c4cccc5cccc-6c45)cc3)C2C=C1.CC.CC. The second-order valence-corrected chi connectivity index (χ2v) is 11.5. The second-order valence-electron chi connectivity index (χ2n) is 10.5. The van der Waals surface area contributed by atoms with Crippen LogP contribution in [0.25, 0.3) is 53.6 Å². The molecule has 0 saturated carbocycles. The molecular formula is C40H35NS. The molecule has 9 rings (SSSR count). The molecule has 2 heteroatoms. The molecule has 0 fully saturated rings. The van der Waals surface area contributed by atoms with Crippen molar-refractivity contribution in [2.75, 3.05) is 4.90 Å². The molecule has 0 radical (unpaired) electrons. The molecule has 206 valence electrons. The minimum absolute atomic E-state index is 0.334. The van der Waals surface area contributed by atoms with Crippen LogP contribution in [0.1, 0.15) is 39.2 Å². The lowest BCUT2D eigenvalue weighted by atomic mass is 9.91. The van der Waals surface area contributed by atoms with Gasteiger partial charge in [0.05, 0.1) is 6.04 Å². The van der Waals surface area contributed by atoms with Crippen molar-refractivity contribution >= 4 is 43.6 Å². The van der Waals surface area contributed by atoms with Crippen molar-refractivity contribution in [1.29, 1.82) is 0 Å². The van der Waals surface area contributed by atoms with Gasteiger partial charge in [-0.2, -0.15) is 0 Å². The topological polar surface area (TPSA) is 3.24 Å². The molecule has 42 heavy (non-hydrogen) atoms. The molecule has 1 aromatic heterocycles. The number of allylic oxidation sites excluding steroid dienone is 2. The number of hydrogen-bond donors (Lipinski definition) is 0. The number of hydrogen-bond acceptors (Lipinski definition) is 2. The Morgan fingerprint density at radius 1 is 0.643 bits per heavy atom. The van der Waals surface area contributed by atoms with E-state index in [4.69, 9.17) is 0 Å². The number of para-hydroxylation sites is 1. The maximum Gasteiger partial charge on any atom is 0.0629 e. The third-order valence-electron chi connectivity index (χ3n) is 8.55. The molecule has 0 amide bonds. The summed E-state index contributed by atoms with van der Waals surface area (Å²) in [6.45, 7) is 8.00. The Balaban J connectivity index is 0.000000693. The molecule has 2 heterocycles. The van der Waals surface area contributed by atoms with Gasteiger partial charge in [0.15, 0.2) is 0 Å². The molecule has 0 saturated heterocycles. The van der Waals surface area contributed by atoms with Crippen molar-refractivity contribution in [2.24, 2.45) is 0 Å². The lowest BCUT2D eigenvalue weighted by molar-refractivity contribution is 0.745. The van der Waals surface area contributed by atoms with E-state index in [9.17, 15) is 0 Å². The van der Waals surface area contributed by atoms with E-state index in [0.29, 0.717) is 12.0 Å². The quantitative estimate of drug-likeness (QED) is 0.203. The number of thiophene rings is 1. The van der Waals surface area contributed by atoms with Crippen LogP contribution in [-0.2, 0) is 0 Å². The van der Waals surface area contributed by atoms with Gasteiger partial charge in [0.25, 0.3) is 0 Å². The standard InChI is InChI=1S/C36H23NS.2C2H6/c1-3-13-31-26(9-1)27-10-2-4-14-32(27)37(31)25-18-15-22(16-19-25)24-17-20-28-33(21-24)38-36-30-12-6-8-23-7-5-11-29(34(23)30)35(28)36;2*1-2/h1-21,26,31H;2*1-2H3. The Bertz CT molecular complexity index is 1980. The highest BCUT2D eigenvalue weighted by Gasteiger charge is 2.36. The van der Waals surface area contributed by atoms with E-state index in [1.165, 1.54) is 70.5 Å². The molecule has 2 atom stereocenters. The van der Waals surface area contributed by atoms with Gasteiger partial charge >= 0.3 is 0 Å². The molecule has 6 aromatic rings. The third kappa shape index (κ3) is 3.90. The first-order valence-corrected chi connectivity index (χ1v) is 16.1. The minimum Gasteiger partial charge on any atom is -0.333 e. The van der Waals surface area contributed by atoms with Gasteiger partial charge in [-0.3, -0.25) is 0 Å². The highest BCUT2D eigenvalue weighted by molar-refractivity contribution is 7.23. The Morgan fingerprint density at radius 2 is 1.36 bits per heavy atom. The van der Waals surface area contributed by atoms with Gasteiger partial charge in [-0.25, -0.2) is 0 Å². The lowest BCUT2D eigenvalue weighted by Crippen LogP contribution is -2.28. The van der Waals surface area contributed by atoms with Gasteiger partial charge < -0.3 is 4.90 Å². The third-order valence-corrected chi connectivity index (χ3v) is 9.73. The molecule has 1 nitrogen and oxygen atoms in total. The first-order valence-electron chi connectivity index (χ1n) is 15.3. The fourth-order valence-electron chi connectivity index (χ4n) is 6.88. The molecule has 1 aliphatic heterocycles. The minimum atomic E-state index is 0.334. The van der Waals surface area contributed by atoms with Gasteiger partial charge in [-0.15, -0.1) is 11.3 Å². The Hall–Kier alpha value is -4.40. The molecule has 2 unspecified atom stereocenters. The average molecular weight is 562 g/mol. The molecule has 2 aliphatic carbocycles. The summed E-state index contributed by atoms with van der Waals surface area (Å²) in [4.78, 5) is 3.91. The fraction of sp³-hybridized carbons (Fsp3) is 0.150. The van der Waals surface area contributed by atoms with Gasteiger partial charge in [0.1, 0.15) is 0 Å². The largest absolute Gasteiger partial charge is 0.333 e. The van der Waals surface area contributed by atoms with Crippen molar-refractivity contribution < 1.29 is 0 Å². The van der Waals surface area contributed by atoms with Crippen LogP contribution in [0.15, 0.2) is 127 Å². The van der Waals surface area contributed by atoms with Crippen LogP contribution in [0.5, 0.6) is 0 Å². The number of anilines is 2. The predicted octanol–water partition coefficient (Wildman–Crippen LogP) is 12.2. The number of benzene rings is 5. The summed E-state index contributed by atoms with van der Waals surface area (Å²) in [6.07, 6.45) is 9.03. The lowest BCUT2D eigenvalue weighted by Gasteiger charge is -2.28. The zero-order chi connectivity index (χ0) is 28.8. The highest BCUT2D eigenvalue weighted by atomic mass is 32.1. The molecule has 3 aliphatic rings. The van der Waals surface area contributed by atoms with E-state index in [1.54, 1.807) is 0 Å². The van der Waals surface area contributed by atoms with Crippen molar-refractivity contribution in [3.05, 3.63) is 133 Å². The van der Waals surface area contributed by atoms with Crippen LogP contribution in [0.4, 0.5) is 11.4 Å². The molecule has 0 spiro atoms. The molecule has 5 aromatic carbocycles. The second kappa shape index (κ2) is 10.8. The summed E-state index contributed by atoms with van der Waals surface area (Å²) < 4.78 is 1.36. The van der Waals surface area contributed by atoms with Gasteiger partial charge in [0.2, 0.25) is 0 Å². The van der Waals surface area contributed by atoms with E-state index in [-0.39, 0.29) is 0 Å². The molecular weight excluding hydrogens is 527 g/mol. The van der Waals surface area contributed by atoms with E-state index < -0.39 is 0 Å². The Morgan fingerprint density at radius 3 is 2.17 bits per heavy atom. The summed E-state index contributed by atoms with van der Waals surface area (Å²) in [5, 5.41) is 4.11. The van der Waals surface area contributed by atoms with E-state index in [1.807, 2.05) is 39.0 Å². The summed E-state index contributed by atoms with van der Waals surface area (Å²) in [5.74, 6) is 0.412. The maximum absolute atomic E-state index is 2.49. The van der Waals surface area contributed by atoms with Crippen LogP contribution in [0.3, 0.4) is 0 Å². The Kier molecular flexibility index (Phi) is 6.80. The van der Waals surface area contributed by atoms with Gasteiger partial charge in [-0.1, -0.05) is 131 Å². The van der Waals surface area contributed by atoms with Crippen molar-refractivity contribution in [1.82, 2.24) is 0 Å². The highest BCUT2D eigenvalue weighted by Crippen LogP contribution is 2.54. The van der Waals surface area contributed by atoms with Crippen LogP contribution in [0, 0.1) is 0 Å². The normalized spacial score (nSPS) is 16.8. The zero-order valence-electron chi connectivity index (χ0n) is 24.6. The summed E-state index contributed by atoms with van der Waals surface area (Å²) >= 11 is 1.93. The van der Waals surface area contributed by atoms with Crippen LogP contribution in [0.2, 0.25) is 0 Å².